The largest absolute Gasteiger partial charge is 0.312 e. The monoisotopic (exact) mass is 285 g/mol. The third-order valence-corrected chi connectivity index (χ3v) is 6.85. The smallest absolute Gasteiger partial charge is 0.0501 e. The first-order valence-electron chi connectivity index (χ1n) is 8.38. The van der Waals surface area contributed by atoms with Gasteiger partial charge in [0.25, 0.3) is 0 Å². The normalized spacial score (nSPS) is 39.4. The maximum atomic E-state index is 12.5. The van der Waals surface area contributed by atoms with E-state index >= 15 is 0 Å². The molecular weight excluding hydrogens is 254 g/mol. The summed E-state index contributed by atoms with van der Waals surface area (Å²) in [6.07, 6.45) is 13.3. The molecule has 0 aromatic heterocycles. The average molecular weight is 285 g/mol. The third kappa shape index (κ3) is 5.18. The number of nitrogens with one attached hydrogen (secondary N) is 1. The minimum absolute atomic E-state index is 0.421. The van der Waals surface area contributed by atoms with Crippen LogP contribution in [0.2, 0.25) is 0 Å². The summed E-state index contributed by atoms with van der Waals surface area (Å²) in [5, 5.41) is 4.14. The highest BCUT2D eigenvalue weighted by atomic mass is 32.2. The van der Waals surface area contributed by atoms with E-state index in [1.165, 1.54) is 64.2 Å². The van der Waals surface area contributed by atoms with Crippen molar-refractivity contribution >= 4 is 10.8 Å². The Labute approximate surface area is 121 Å². The van der Waals surface area contributed by atoms with Gasteiger partial charge in [-0.3, -0.25) is 4.21 Å². The van der Waals surface area contributed by atoms with E-state index in [0.29, 0.717) is 17.2 Å². The molecule has 1 saturated carbocycles. The molecule has 112 valence electrons. The van der Waals surface area contributed by atoms with E-state index in [1.807, 2.05) is 0 Å². The Bertz CT molecular complexity index is 282. The number of hydrogen-bond acceptors (Lipinski definition) is 2. The van der Waals surface area contributed by atoms with Crippen LogP contribution in [0.3, 0.4) is 0 Å². The number of hydrogen-bond donors (Lipinski definition) is 1. The van der Waals surface area contributed by atoms with Gasteiger partial charge in [0.2, 0.25) is 0 Å². The second-order valence-corrected chi connectivity index (χ2v) is 8.31. The summed E-state index contributed by atoms with van der Waals surface area (Å²) < 4.78 is 12.5. The topological polar surface area (TPSA) is 29.1 Å². The summed E-state index contributed by atoms with van der Waals surface area (Å²) in [6.45, 7) is 3.30. The van der Waals surface area contributed by atoms with Gasteiger partial charge in [0.1, 0.15) is 0 Å². The van der Waals surface area contributed by atoms with Crippen molar-refractivity contribution < 1.29 is 4.21 Å². The lowest BCUT2D eigenvalue weighted by Gasteiger charge is -2.25. The molecule has 2 nitrogen and oxygen atoms in total. The highest BCUT2D eigenvalue weighted by Crippen LogP contribution is 2.23. The molecule has 1 aliphatic carbocycles. The van der Waals surface area contributed by atoms with E-state index in [2.05, 4.69) is 12.2 Å². The van der Waals surface area contributed by atoms with Crippen LogP contribution in [0.1, 0.15) is 71.1 Å². The van der Waals surface area contributed by atoms with Gasteiger partial charge in [-0.2, -0.15) is 0 Å². The standard InChI is InChI=1S/C16H31NOS/c1-14-12-17-15-10-8-6-4-2-3-5-7-9-11-16(15)19(18)13-14/h14-17H,2-13H2,1H3. The highest BCUT2D eigenvalue weighted by molar-refractivity contribution is 7.85. The van der Waals surface area contributed by atoms with Crippen molar-refractivity contribution in [3.05, 3.63) is 0 Å². The molecule has 3 heteroatoms. The van der Waals surface area contributed by atoms with Gasteiger partial charge in [-0.1, -0.05) is 58.3 Å². The molecule has 4 atom stereocenters. The SMILES string of the molecule is CC1CNC2CCCCCCCCCCC2S(=O)C1. The van der Waals surface area contributed by atoms with Gasteiger partial charge >= 0.3 is 0 Å². The van der Waals surface area contributed by atoms with Gasteiger partial charge in [0.15, 0.2) is 0 Å². The first-order chi connectivity index (χ1) is 9.27. The maximum Gasteiger partial charge on any atom is 0.0501 e. The first-order valence-corrected chi connectivity index (χ1v) is 9.76. The van der Waals surface area contributed by atoms with Crippen LogP contribution in [0, 0.1) is 5.92 Å². The van der Waals surface area contributed by atoms with E-state index in [1.54, 1.807) is 0 Å². The molecule has 0 aromatic carbocycles. The molecule has 2 rings (SSSR count). The summed E-state index contributed by atoms with van der Waals surface area (Å²) in [7, 11) is -0.609. The van der Waals surface area contributed by atoms with Gasteiger partial charge in [-0.15, -0.1) is 0 Å². The Morgan fingerprint density at radius 2 is 1.47 bits per heavy atom. The molecule has 1 heterocycles. The minimum Gasteiger partial charge on any atom is -0.312 e. The van der Waals surface area contributed by atoms with E-state index in [-0.39, 0.29) is 0 Å². The number of rotatable bonds is 0. The molecule has 0 aromatic rings. The van der Waals surface area contributed by atoms with Crippen LogP contribution in [0.15, 0.2) is 0 Å². The van der Waals surface area contributed by atoms with E-state index < -0.39 is 10.8 Å². The molecule has 0 bridgehead atoms. The highest BCUT2D eigenvalue weighted by Gasteiger charge is 2.30. The van der Waals surface area contributed by atoms with Crippen molar-refractivity contribution in [1.82, 2.24) is 5.32 Å². The molecule has 2 fully saturated rings. The fraction of sp³-hybridized carbons (Fsp3) is 1.00. The van der Waals surface area contributed by atoms with Gasteiger partial charge < -0.3 is 5.32 Å². The molecule has 1 saturated heterocycles. The van der Waals surface area contributed by atoms with Crippen LogP contribution in [-0.4, -0.2) is 27.8 Å². The Hall–Kier alpha value is 0.110. The van der Waals surface area contributed by atoms with Crippen LogP contribution in [0.4, 0.5) is 0 Å². The van der Waals surface area contributed by atoms with Gasteiger partial charge in [-0.25, -0.2) is 0 Å². The zero-order valence-electron chi connectivity index (χ0n) is 12.5. The summed E-state index contributed by atoms with van der Waals surface area (Å²) in [5.74, 6) is 1.48. The molecule has 2 aliphatic rings. The van der Waals surface area contributed by atoms with Crippen molar-refractivity contribution in [2.24, 2.45) is 5.92 Å². The molecular formula is C16H31NOS. The van der Waals surface area contributed by atoms with Crippen molar-refractivity contribution in [3.63, 3.8) is 0 Å². The zero-order chi connectivity index (χ0) is 13.5. The fourth-order valence-corrected chi connectivity index (χ4v) is 5.48. The van der Waals surface area contributed by atoms with Crippen LogP contribution in [0.5, 0.6) is 0 Å². The Morgan fingerprint density at radius 1 is 0.895 bits per heavy atom. The summed E-state index contributed by atoms with van der Waals surface area (Å²) in [5.41, 5.74) is 0. The second kappa shape index (κ2) is 8.41. The van der Waals surface area contributed by atoms with Crippen molar-refractivity contribution in [2.45, 2.75) is 82.4 Å². The molecule has 4 unspecified atom stereocenters. The minimum atomic E-state index is -0.609. The van der Waals surface area contributed by atoms with E-state index in [9.17, 15) is 4.21 Å². The van der Waals surface area contributed by atoms with E-state index in [0.717, 1.165) is 12.3 Å². The van der Waals surface area contributed by atoms with Gasteiger partial charge in [0, 0.05) is 22.6 Å². The first kappa shape index (κ1) is 15.5. The van der Waals surface area contributed by atoms with Gasteiger partial charge in [-0.05, 0) is 25.3 Å². The van der Waals surface area contributed by atoms with Crippen molar-refractivity contribution in [2.75, 3.05) is 12.3 Å². The van der Waals surface area contributed by atoms with Gasteiger partial charge in [0.05, 0.1) is 5.25 Å². The van der Waals surface area contributed by atoms with E-state index in [4.69, 9.17) is 0 Å². The van der Waals surface area contributed by atoms with Crippen LogP contribution in [-0.2, 0) is 10.8 Å². The molecule has 0 amide bonds. The zero-order valence-corrected chi connectivity index (χ0v) is 13.4. The van der Waals surface area contributed by atoms with Crippen molar-refractivity contribution in [1.29, 1.82) is 0 Å². The quantitative estimate of drug-likeness (QED) is 0.736. The Morgan fingerprint density at radius 3 is 2.16 bits per heavy atom. The molecule has 0 radical (unpaired) electrons. The Balaban J connectivity index is 1.97. The average Bonchev–Trinajstić information content (AvgIpc) is 2.49. The molecule has 0 spiro atoms. The summed E-state index contributed by atoms with van der Waals surface area (Å²) in [4.78, 5) is 0. The van der Waals surface area contributed by atoms with Crippen LogP contribution >= 0.6 is 0 Å². The summed E-state index contributed by atoms with van der Waals surface area (Å²) >= 11 is 0. The lowest BCUT2D eigenvalue weighted by molar-refractivity contribution is 0.402. The van der Waals surface area contributed by atoms with Crippen molar-refractivity contribution in [3.8, 4) is 0 Å². The predicted molar refractivity (Wildman–Crippen MR) is 83.9 cm³/mol. The van der Waals surface area contributed by atoms with Crippen LogP contribution < -0.4 is 5.32 Å². The molecule has 1 aliphatic heterocycles. The fourth-order valence-electron chi connectivity index (χ4n) is 3.52. The third-order valence-electron chi connectivity index (χ3n) is 4.72. The molecule has 1 N–H and O–H groups in total. The second-order valence-electron chi connectivity index (χ2n) is 6.61. The maximum absolute atomic E-state index is 12.5. The molecule has 19 heavy (non-hydrogen) atoms. The lowest BCUT2D eigenvalue weighted by atomic mass is 9.97. The van der Waals surface area contributed by atoms with Crippen LogP contribution in [0.25, 0.3) is 0 Å². The summed E-state index contributed by atoms with van der Waals surface area (Å²) in [6, 6.07) is 0.519. The Kier molecular flexibility index (Phi) is 6.86. The predicted octanol–water partition coefficient (Wildman–Crippen LogP) is 3.63. The lowest BCUT2D eigenvalue weighted by Crippen LogP contribution is -2.40. The number of fused-ring (bicyclic) bond motifs is 1.